The Kier molecular flexibility index (Phi) is 2.70. The molecule has 0 fully saturated rings. The van der Waals surface area contributed by atoms with Gasteiger partial charge in [-0.25, -0.2) is 0 Å². The summed E-state index contributed by atoms with van der Waals surface area (Å²) in [6.07, 6.45) is 1.96. The number of hydrogen-bond donors (Lipinski definition) is 1. The molecule has 0 aliphatic heterocycles. The summed E-state index contributed by atoms with van der Waals surface area (Å²) in [5.41, 5.74) is 7.51. The van der Waals surface area contributed by atoms with Gasteiger partial charge in [0, 0.05) is 18.3 Å². The molecule has 0 radical (unpaired) electrons. The molecule has 3 aromatic rings. The molecule has 0 spiro atoms. The smallest absolute Gasteiger partial charge is 0.178 e. The number of aromatic nitrogens is 3. The SMILES string of the molecule is NCc1cccn2c(-c3ccc(Br)s3)nnc12. The monoisotopic (exact) mass is 308 g/mol. The van der Waals surface area contributed by atoms with Crippen molar-refractivity contribution in [3.63, 3.8) is 0 Å². The average Bonchev–Trinajstić information content (AvgIpc) is 2.94. The van der Waals surface area contributed by atoms with Gasteiger partial charge in [-0.05, 0) is 34.1 Å². The molecule has 0 unspecified atom stereocenters. The quantitative estimate of drug-likeness (QED) is 0.792. The number of nitrogens with two attached hydrogens (primary N) is 1. The van der Waals surface area contributed by atoms with Crippen molar-refractivity contribution < 1.29 is 0 Å². The summed E-state index contributed by atoms with van der Waals surface area (Å²) in [5.74, 6) is 0.853. The van der Waals surface area contributed by atoms with Crippen LogP contribution < -0.4 is 5.73 Å². The lowest BCUT2D eigenvalue weighted by Crippen LogP contribution is -1.99. The van der Waals surface area contributed by atoms with Crippen LogP contribution in [0.3, 0.4) is 0 Å². The Hall–Kier alpha value is -1.24. The molecule has 6 heteroatoms. The summed E-state index contributed by atoms with van der Waals surface area (Å²) in [7, 11) is 0. The van der Waals surface area contributed by atoms with Crippen molar-refractivity contribution in [1.82, 2.24) is 14.6 Å². The second-order valence-electron chi connectivity index (χ2n) is 3.56. The first-order valence-electron chi connectivity index (χ1n) is 5.08. The molecule has 17 heavy (non-hydrogen) atoms. The minimum atomic E-state index is 0.469. The van der Waals surface area contributed by atoms with Crippen molar-refractivity contribution >= 4 is 32.9 Å². The highest BCUT2D eigenvalue weighted by molar-refractivity contribution is 9.11. The van der Waals surface area contributed by atoms with Gasteiger partial charge in [-0.15, -0.1) is 21.5 Å². The first kappa shape index (κ1) is 10.9. The summed E-state index contributed by atoms with van der Waals surface area (Å²) in [6.45, 7) is 0.469. The van der Waals surface area contributed by atoms with Crippen LogP contribution in [0.2, 0.25) is 0 Å². The van der Waals surface area contributed by atoms with Crippen LogP contribution in [0.25, 0.3) is 16.3 Å². The lowest BCUT2D eigenvalue weighted by atomic mass is 10.3. The summed E-state index contributed by atoms with van der Waals surface area (Å²) in [4.78, 5) is 1.08. The Labute approximate surface area is 110 Å². The van der Waals surface area contributed by atoms with Crippen LogP contribution in [-0.4, -0.2) is 14.6 Å². The highest BCUT2D eigenvalue weighted by Gasteiger charge is 2.11. The Bertz CT molecular complexity index is 673. The van der Waals surface area contributed by atoms with Gasteiger partial charge in [0.15, 0.2) is 11.5 Å². The van der Waals surface area contributed by atoms with E-state index in [4.69, 9.17) is 5.73 Å². The molecule has 0 aliphatic carbocycles. The van der Waals surface area contributed by atoms with E-state index in [0.717, 1.165) is 25.7 Å². The lowest BCUT2D eigenvalue weighted by molar-refractivity contribution is 1.04. The van der Waals surface area contributed by atoms with Crippen LogP contribution in [-0.2, 0) is 6.54 Å². The maximum atomic E-state index is 5.68. The van der Waals surface area contributed by atoms with E-state index in [1.54, 1.807) is 11.3 Å². The molecule has 86 valence electrons. The maximum Gasteiger partial charge on any atom is 0.178 e. The van der Waals surface area contributed by atoms with Crippen LogP contribution in [0.5, 0.6) is 0 Å². The van der Waals surface area contributed by atoms with Crippen molar-refractivity contribution in [2.45, 2.75) is 6.54 Å². The van der Waals surface area contributed by atoms with E-state index in [1.807, 2.05) is 34.9 Å². The summed E-state index contributed by atoms with van der Waals surface area (Å²) in [6, 6.07) is 7.97. The molecule has 2 N–H and O–H groups in total. The first-order valence-corrected chi connectivity index (χ1v) is 6.69. The molecule has 3 rings (SSSR count). The van der Waals surface area contributed by atoms with E-state index in [2.05, 4.69) is 26.1 Å². The molecule has 4 nitrogen and oxygen atoms in total. The second kappa shape index (κ2) is 4.21. The van der Waals surface area contributed by atoms with E-state index in [1.165, 1.54) is 0 Å². The third-order valence-electron chi connectivity index (χ3n) is 2.53. The predicted octanol–water partition coefficient (Wildman–Crippen LogP) is 2.68. The Morgan fingerprint density at radius 1 is 1.29 bits per heavy atom. The van der Waals surface area contributed by atoms with Crippen molar-refractivity contribution in [1.29, 1.82) is 0 Å². The fraction of sp³-hybridized carbons (Fsp3) is 0.0909. The Morgan fingerprint density at radius 2 is 2.18 bits per heavy atom. The van der Waals surface area contributed by atoms with E-state index in [-0.39, 0.29) is 0 Å². The van der Waals surface area contributed by atoms with Gasteiger partial charge in [0.25, 0.3) is 0 Å². The molecule has 0 aliphatic rings. The summed E-state index contributed by atoms with van der Waals surface area (Å²) in [5, 5.41) is 8.43. The van der Waals surface area contributed by atoms with Crippen molar-refractivity contribution in [3.8, 4) is 10.7 Å². The maximum absolute atomic E-state index is 5.68. The van der Waals surface area contributed by atoms with Crippen molar-refractivity contribution in [2.24, 2.45) is 5.73 Å². The molecular weight excluding hydrogens is 300 g/mol. The minimum Gasteiger partial charge on any atom is -0.326 e. The average molecular weight is 309 g/mol. The lowest BCUT2D eigenvalue weighted by Gasteiger charge is -2.00. The fourth-order valence-electron chi connectivity index (χ4n) is 1.73. The Morgan fingerprint density at radius 3 is 2.88 bits per heavy atom. The number of rotatable bonds is 2. The normalized spacial score (nSPS) is 11.2. The third kappa shape index (κ3) is 1.78. The van der Waals surface area contributed by atoms with Crippen LogP contribution in [0.15, 0.2) is 34.2 Å². The van der Waals surface area contributed by atoms with Crippen LogP contribution in [0.1, 0.15) is 5.56 Å². The van der Waals surface area contributed by atoms with Crippen LogP contribution in [0.4, 0.5) is 0 Å². The molecule has 3 heterocycles. The second-order valence-corrected chi connectivity index (χ2v) is 6.02. The summed E-state index contributed by atoms with van der Waals surface area (Å²) >= 11 is 5.09. The minimum absolute atomic E-state index is 0.469. The summed E-state index contributed by atoms with van der Waals surface area (Å²) < 4.78 is 3.06. The van der Waals surface area contributed by atoms with Gasteiger partial charge in [-0.3, -0.25) is 4.40 Å². The van der Waals surface area contributed by atoms with Crippen LogP contribution in [0, 0.1) is 0 Å². The molecule has 0 amide bonds. The number of fused-ring (bicyclic) bond motifs is 1. The molecule has 0 bridgehead atoms. The molecular formula is C11H9BrN4S. The zero-order valence-electron chi connectivity index (χ0n) is 8.80. The third-order valence-corrected chi connectivity index (χ3v) is 4.15. The van der Waals surface area contributed by atoms with E-state index < -0.39 is 0 Å². The van der Waals surface area contributed by atoms with Gasteiger partial charge in [0.1, 0.15) is 0 Å². The van der Waals surface area contributed by atoms with Gasteiger partial charge in [0.05, 0.1) is 8.66 Å². The van der Waals surface area contributed by atoms with E-state index >= 15 is 0 Å². The van der Waals surface area contributed by atoms with Crippen molar-refractivity contribution in [2.75, 3.05) is 0 Å². The molecule has 0 saturated carbocycles. The van der Waals surface area contributed by atoms with E-state index in [9.17, 15) is 0 Å². The number of pyridine rings is 1. The number of hydrogen-bond acceptors (Lipinski definition) is 4. The highest BCUT2D eigenvalue weighted by Crippen LogP contribution is 2.30. The van der Waals surface area contributed by atoms with Gasteiger partial charge >= 0.3 is 0 Å². The highest BCUT2D eigenvalue weighted by atomic mass is 79.9. The number of thiophene rings is 1. The molecule has 0 atom stereocenters. The zero-order chi connectivity index (χ0) is 11.8. The topological polar surface area (TPSA) is 56.2 Å². The molecule has 0 aromatic carbocycles. The fourth-order valence-corrected chi connectivity index (χ4v) is 3.10. The van der Waals surface area contributed by atoms with Crippen LogP contribution >= 0.6 is 27.3 Å². The van der Waals surface area contributed by atoms with Crippen molar-refractivity contribution in [3.05, 3.63) is 39.8 Å². The number of nitrogens with zero attached hydrogens (tertiary/aromatic N) is 3. The van der Waals surface area contributed by atoms with Gasteiger partial charge in [-0.1, -0.05) is 6.07 Å². The zero-order valence-corrected chi connectivity index (χ0v) is 11.2. The van der Waals surface area contributed by atoms with Gasteiger partial charge in [-0.2, -0.15) is 0 Å². The standard InChI is InChI=1S/C11H9BrN4S/c12-9-4-3-8(17-9)11-15-14-10-7(6-13)2-1-5-16(10)11/h1-5H,6,13H2. The molecule has 0 saturated heterocycles. The largest absolute Gasteiger partial charge is 0.326 e. The first-order chi connectivity index (χ1) is 8.29. The van der Waals surface area contributed by atoms with E-state index in [0.29, 0.717) is 6.54 Å². The molecule has 3 aromatic heterocycles. The Balaban J connectivity index is 2.25. The number of halogens is 1. The predicted molar refractivity (Wildman–Crippen MR) is 71.9 cm³/mol. The van der Waals surface area contributed by atoms with Gasteiger partial charge < -0.3 is 5.73 Å². The van der Waals surface area contributed by atoms with Gasteiger partial charge in [0.2, 0.25) is 0 Å².